The fraction of sp³-hybridized carbons (Fsp3) is 0.156. The molecule has 5 rings (SSSR count). The molecule has 1 atom stereocenters. The van der Waals surface area contributed by atoms with E-state index in [1.807, 2.05) is 37.4 Å². The maximum atomic E-state index is 14.1. The number of rotatable bonds is 8. The fourth-order valence-corrected chi connectivity index (χ4v) is 5.24. The lowest BCUT2D eigenvalue weighted by Gasteiger charge is -2.22. The number of hydrogen-bond acceptors (Lipinski definition) is 3. The van der Waals surface area contributed by atoms with Crippen molar-refractivity contribution in [2.45, 2.75) is 25.8 Å². The Hall–Kier alpha value is -4.56. The number of aromatic nitrogens is 2. The second kappa shape index (κ2) is 11.9. The number of nitrogens with one attached hydrogen (secondary N) is 3. The number of pyridine rings is 1. The zero-order chi connectivity index (χ0) is 29.1. The summed E-state index contributed by atoms with van der Waals surface area (Å²) in [5.41, 5.74) is 5.32. The van der Waals surface area contributed by atoms with E-state index in [4.69, 9.17) is 11.6 Å². The van der Waals surface area contributed by atoms with E-state index in [0.717, 1.165) is 28.1 Å². The largest absolute Gasteiger partial charge is 0.361 e. The number of aromatic amines is 1. The van der Waals surface area contributed by atoms with E-state index in [-0.39, 0.29) is 29.7 Å². The molecule has 0 radical (unpaired) electrons. The van der Waals surface area contributed by atoms with Gasteiger partial charge in [0.25, 0.3) is 5.91 Å². The van der Waals surface area contributed by atoms with E-state index in [1.54, 1.807) is 30.5 Å². The minimum atomic E-state index is -0.732. The maximum Gasteiger partial charge on any atom is 0.252 e. The zero-order valence-electron chi connectivity index (χ0n) is 22.4. The van der Waals surface area contributed by atoms with Crippen LogP contribution >= 0.6 is 11.6 Å². The van der Waals surface area contributed by atoms with E-state index in [0.29, 0.717) is 27.9 Å². The lowest BCUT2D eigenvalue weighted by molar-refractivity contribution is -0.121. The van der Waals surface area contributed by atoms with E-state index >= 15 is 0 Å². The molecule has 2 aromatic heterocycles. The highest BCUT2D eigenvalue weighted by Gasteiger charge is 2.23. The molecular formula is C32H27ClF2N4O2. The predicted molar refractivity (Wildman–Crippen MR) is 156 cm³/mol. The highest BCUT2D eigenvalue weighted by molar-refractivity contribution is 6.34. The minimum Gasteiger partial charge on any atom is -0.361 e. The Labute approximate surface area is 240 Å². The van der Waals surface area contributed by atoms with Crippen LogP contribution in [0.3, 0.4) is 0 Å². The van der Waals surface area contributed by atoms with E-state index in [9.17, 15) is 18.4 Å². The van der Waals surface area contributed by atoms with Crippen molar-refractivity contribution in [1.82, 2.24) is 20.6 Å². The molecule has 0 aliphatic heterocycles. The second-order valence-electron chi connectivity index (χ2n) is 9.85. The first-order valence-corrected chi connectivity index (χ1v) is 13.4. The number of carbonyl (C=O) groups is 2. The van der Waals surface area contributed by atoms with E-state index < -0.39 is 17.7 Å². The van der Waals surface area contributed by atoms with Crippen LogP contribution in [-0.4, -0.2) is 28.8 Å². The number of aryl methyl sites for hydroxylation is 1. The number of H-pyrrole nitrogens is 1. The van der Waals surface area contributed by atoms with Crippen molar-refractivity contribution in [1.29, 1.82) is 0 Å². The topological polar surface area (TPSA) is 86.9 Å². The third-order valence-electron chi connectivity index (χ3n) is 6.89. The average molecular weight is 573 g/mol. The maximum absolute atomic E-state index is 14.1. The van der Waals surface area contributed by atoms with Crippen LogP contribution in [0.15, 0.2) is 79.1 Å². The van der Waals surface area contributed by atoms with Gasteiger partial charge in [0, 0.05) is 42.0 Å². The highest BCUT2D eigenvalue weighted by Crippen LogP contribution is 2.32. The van der Waals surface area contributed by atoms with Gasteiger partial charge in [0.2, 0.25) is 5.91 Å². The number of benzene rings is 3. The van der Waals surface area contributed by atoms with Crippen molar-refractivity contribution in [2.75, 3.05) is 7.05 Å². The molecule has 0 spiro atoms. The molecule has 5 aromatic rings. The molecule has 3 aromatic carbocycles. The van der Waals surface area contributed by atoms with Crippen LogP contribution in [-0.2, 0) is 17.6 Å². The molecule has 2 heterocycles. The summed E-state index contributed by atoms with van der Waals surface area (Å²) in [7, 11) is 1.52. The Kier molecular flexibility index (Phi) is 8.12. The SMILES string of the molecule is CNC(=O)c1ccc(-c2cccnc2[C@H](Cc2cc(F)cc(F)c2)NC(=O)Cc2c[nH]c3ccc(C)cc23)cc1Cl. The lowest BCUT2D eigenvalue weighted by atomic mass is 9.94. The molecule has 208 valence electrons. The zero-order valence-corrected chi connectivity index (χ0v) is 23.2. The molecule has 0 aliphatic rings. The van der Waals surface area contributed by atoms with Crippen LogP contribution in [0, 0.1) is 18.6 Å². The number of fused-ring (bicyclic) bond motifs is 1. The first-order chi connectivity index (χ1) is 19.7. The van der Waals surface area contributed by atoms with Crippen molar-refractivity contribution < 1.29 is 18.4 Å². The molecule has 0 bridgehead atoms. The van der Waals surface area contributed by atoms with Crippen LogP contribution in [0.1, 0.15) is 38.8 Å². The van der Waals surface area contributed by atoms with Crippen molar-refractivity contribution in [3.8, 4) is 11.1 Å². The number of hydrogen-bond donors (Lipinski definition) is 3. The van der Waals surface area contributed by atoms with Crippen LogP contribution < -0.4 is 10.6 Å². The number of nitrogens with zero attached hydrogens (tertiary/aromatic N) is 1. The molecule has 3 N–H and O–H groups in total. The molecule has 0 saturated carbocycles. The first-order valence-electron chi connectivity index (χ1n) is 13.0. The third kappa shape index (κ3) is 6.28. The fourth-order valence-electron chi connectivity index (χ4n) is 4.98. The van der Waals surface area contributed by atoms with Crippen LogP contribution in [0.25, 0.3) is 22.0 Å². The molecule has 41 heavy (non-hydrogen) atoms. The Morgan fingerprint density at radius 2 is 1.80 bits per heavy atom. The summed E-state index contributed by atoms with van der Waals surface area (Å²) in [4.78, 5) is 33.4. The van der Waals surface area contributed by atoms with Gasteiger partial charge in [-0.3, -0.25) is 14.6 Å². The molecule has 0 unspecified atom stereocenters. The van der Waals surface area contributed by atoms with Crippen molar-refractivity contribution in [3.63, 3.8) is 0 Å². The van der Waals surface area contributed by atoms with Gasteiger partial charge in [-0.2, -0.15) is 0 Å². The van der Waals surface area contributed by atoms with Crippen molar-refractivity contribution in [3.05, 3.63) is 124 Å². The number of halogens is 3. The van der Waals surface area contributed by atoms with Gasteiger partial charge in [0.05, 0.1) is 28.7 Å². The van der Waals surface area contributed by atoms with Crippen LogP contribution in [0.4, 0.5) is 8.78 Å². The minimum absolute atomic E-state index is 0.0848. The molecule has 0 fully saturated rings. The summed E-state index contributed by atoms with van der Waals surface area (Å²) in [5, 5.41) is 6.80. The monoisotopic (exact) mass is 572 g/mol. The van der Waals surface area contributed by atoms with Gasteiger partial charge in [0.1, 0.15) is 11.6 Å². The highest BCUT2D eigenvalue weighted by atomic mass is 35.5. The van der Waals surface area contributed by atoms with Gasteiger partial charge < -0.3 is 15.6 Å². The Bertz CT molecular complexity index is 1750. The summed E-state index contributed by atoms with van der Waals surface area (Å²) in [5.74, 6) is -2.02. The second-order valence-corrected chi connectivity index (χ2v) is 10.3. The number of amides is 2. The normalized spacial score (nSPS) is 11.8. The van der Waals surface area contributed by atoms with Crippen LogP contribution in [0.2, 0.25) is 5.02 Å². The standard InChI is InChI=1S/C32H27ClF2N4O2/c1-18-5-8-28-26(10-18)21(17-38-28)15-30(40)39-29(13-19-11-22(34)16-23(35)12-19)31-24(4-3-9-37-31)20-6-7-25(27(33)14-20)32(41)36-2/h3-12,14,16-17,29,38H,13,15H2,1-2H3,(H,36,41)(H,39,40)/t29-/m0/s1. The van der Waals surface area contributed by atoms with E-state index in [1.165, 1.54) is 19.2 Å². The summed E-state index contributed by atoms with van der Waals surface area (Å²) in [6.07, 6.45) is 3.57. The summed E-state index contributed by atoms with van der Waals surface area (Å²) < 4.78 is 28.2. The Morgan fingerprint density at radius 3 is 2.54 bits per heavy atom. The van der Waals surface area contributed by atoms with Crippen molar-refractivity contribution in [2.24, 2.45) is 0 Å². The van der Waals surface area contributed by atoms with Gasteiger partial charge in [-0.25, -0.2) is 8.78 Å². The van der Waals surface area contributed by atoms with Crippen molar-refractivity contribution >= 4 is 34.3 Å². The molecule has 0 saturated heterocycles. The van der Waals surface area contributed by atoms with Gasteiger partial charge in [0.15, 0.2) is 0 Å². The molecule has 6 nitrogen and oxygen atoms in total. The van der Waals surface area contributed by atoms with Gasteiger partial charge >= 0.3 is 0 Å². The quantitative estimate of drug-likeness (QED) is 0.199. The molecular weight excluding hydrogens is 546 g/mol. The molecule has 0 aliphatic carbocycles. The Balaban J connectivity index is 1.51. The molecule has 2 amide bonds. The summed E-state index contributed by atoms with van der Waals surface area (Å²) in [6, 6.07) is 17.1. The van der Waals surface area contributed by atoms with E-state index in [2.05, 4.69) is 20.6 Å². The van der Waals surface area contributed by atoms with Crippen LogP contribution in [0.5, 0.6) is 0 Å². The summed E-state index contributed by atoms with van der Waals surface area (Å²) in [6.45, 7) is 1.99. The van der Waals surface area contributed by atoms with Gasteiger partial charge in [-0.1, -0.05) is 35.4 Å². The summed E-state index contributed by atoms with van der Waals surface area (Å²) >= 11 is 6.43. The molecule has 9 heteroatoms. The average Bonchev–Trinajstić information content (AvgIpc) is 3.33. The lowest BCUT2D eigenvalue weighted by Crippen LogP contribution is -2.32. The smallest absolute Gasteiger partial charge is 0.252 e. The number of carbonyl (C=O) groups excluding carboxylic acids is 2. The van der Waals surface area contributed by atoms with Gasteiger partial charge in [-0.15, -0.1) is 0 Å². The third-order valence-corrected chi connectivity index (χ3v) is 7.20. The Morgan fingerprint density at radius 1 is 1.02 bits per heavy atom. The first kappa shape index (κ1) is 28.0. The van der Waals surface area contributed by atoms with Gasteiger partial charge in [-0.05, 0) is 72.5 Å². The predicted octanol–water partition coefficient (Wildman–Crippen LogP) is 6.47.